The maximum atomic E-state index is 5.47. The topological polar surface area (TPSA) is 83.4 Å². The van der Waals surface area contributed by atoms with E-state index in [1.54, 1.807) is 7.11 Å². The summed E-state index contributed by atoms with van der Waals surface area (Å²) in [5, 5.41) is 3.80. The molecule has 0 spiro atoms. The van der Waals surface area contributed by atoms with Crippen molar-refractivity contribution >= 4 is 0 Å². The summed E-state index contributed by atoms with van der Waals surface area (Å²) in [6.07, 6.45) is 0.316. The molecule has 1 aromatic heterocycles. The van der Waals surface area contributed by atoms with Gasteiger partial charge in [-0.15, -0.1) is 0 Å². The van der Waals surface area contributed by atoms with E-state index in [4.69, 9.17) is 19.7 Å². The van der Waals surface area contributed by atoms with Crippen molar-refractivity contribution in [1.82, 2.24) is 10.1 Å². The van der Waals surface area contributed by atoms with Crippen molar-refractivity contribution in [2.24, 2.45) is 5.73 Å². The number of nitrogens with two attached hydrogens (primary N) is 1. The molecule has 0 radical (unpaired) electrons. The van der Waals surface area contributed by atoms with Crippen molar-refractivity contribution in [2.45, 2.75) is 19.4 Å². The Morgan fingerprint density at radius 1 is 1.53 bits per heavy atom. The first-order valence-electron chi connectivity index (χ1n) is 4.94. The lowest BCUT2D eigenvalue weighted by molar-refractivity contribution is 0.0803. The smallest absolute Gasteiger partial charge is 0.257 e. The fourth-order valence-corrected chi connectivity index (χ4v) is 1.11. The summed E-state index contributed by atoms with van der Waals surface area (Å²) >= 11 is 0. The molecule has 0 aliphatic heterocycles. The Morgan fingerprint density at radius 2 is 2.33 bits per heavy atom. The number of nitrogens with zero attached hydrogens (tertiary/aromatic N) is 2. The molecule has 0 amide bonds. The molecule has 0 fully saturated rings. The lowest BCUT2D eigenvalue weighted by atomic mass is 10.3. The standard InChI is InChI=1S/C9H17N3O3/c1-3-14-5-4-8-11-9(15-12-8)7(6-10)13-2/h7H,3-6,10H2,1-2H3. The van der Waals surface area contributed by atoms with Crippen LogP contribution in [0.4, 0.5) is 0 Å². The van der Waals surface area contributed by atoms with Gasteiger partial charge in [0, 0.05) is 26.7 Å². The van der Waals surface area contributed by atoms with Crippen LogP contribution < -0.4 is 5.73 Å². The molecule has 1 unspecified atom stereocenters. The van der Waals surface area contributed by atoms with Gasteiger partial charge in [0.1, 0.15) is 6.10 Å². The minimum atomic E-state index is -0.321. The van der Waals surface area contributed by atoms with E-state index < -0.39 is 0 Å². The van der Waals surface area contributed by atoms with Crippen molar-refractivity contribution < 1.29 is 14.0 Å². The van der Waals surface area contributed by atoms with Crippen LogP contribution in [0, 0.1) is 0 Å². The van der Waals surface area contributed by atoms with Gasteiger partial charge in [-0.1, -0.05) is 5.16 Å². The van der Waals surface area contributed by atoms with E-state index in [9.17, 15) is 0 Å². The number of rotatable bonds is 7. The number of aromatic nitrogens is 2. The number of hydrogen-bond donors (Lipinski definition) is 1. The Hall–Kier alpha value is -0.980. The summed E-state index contributed by atoms with van der Waals surface area (Å²) in [5.41, 5.74) is 5.47. The zero-order chi connectivity index (χ0) is 11.1. The molecule has 0 aliphatic rings. The molecule has 0 saturated carbocycles. The fraction of sp³-hybridized carbons (Fsp3) is 0.778. The van der Waals surface area contributed by atoms with E-state index in [0.717, 1.165) is 0 Å². The molecule has 1 aromatic rings. The molecule has 0 aliphatic carbocycles. The molecule has 0 bridgehead atoms. The monoisotopic (exact) mass is 215 g/mol. The van der Waals surface area contributed by atoms with Crippen molar-refractivity contribution in [1.29, 1.82) is 0 Å². The summed E-state index contributed by atoms with van der Waals surface area (Å²) < 4.78 is 15.3. The van der Waals surface area contributed by atoms with Gasteiger partial charge >= 0.3 is 0 Å². The second-order valence-electron chi connectivity index (χ2n) is 2.96. The highest BCUT2D eigenvalue weighted by molar-refractivity contribution is 4.91. The van der Waals surface area contributed by atoms with Gasteiger partial charge < -0.3 is 19.7 Å². The van der Waals surface area contributed by atoms with Gasteiger partial charge in [0.15, 0.2) is 5.82 Å². The zero-order valence-corrected chi connectivity index (χ0v) is 9.10. The first-order chi connectivity index (χ1) is 7.31. The summed E-state index contributed by atoms with van der Waals surface area (Å²) in [5.74, 6) is 1.04. The lowest BCUT2D eigenvalue weighted by Crippen LogP contribution is -2.14. The molecule has 0 saturated heterocycles. The molecular weight excluding hydrogens is 198 g/mol. The first-order valence-corrected chi connectivity index (χ1v) is 4.94. The highest BCUT2D eigenvalue weighted by Gasteiger charge is 2.16. The number of methoxy groups -OCH3 is 1. The molecule has 1 atom stereocenters. The van der Waals surface area contributed by atoms with E-state index in [2.05, 4.69) is 10.1 Å². The number of ether oxygens (including phenoxy) is 2. The van der Waals surface area contributed by atoms with Crippen LogP contribution >= 0.6 is 0 Å². The van der Waals surface area contributed by atoms with Crippen LogP contribution in [0.2, 0.25) is 0 Å². The third-order valence-electron chi connectivity index (χ3n) is 1.93. The van der Waals surface area contributed by atoms with Crippen molar-refractivity contribution in [3.63, 3.8) is 0 Å². The van der Waals surface area contributed by atoms with Gasteiger partial charge in [0.2, 0.25) is 0 Å². The molecule has 1 heterocycles. The Morgan fingerprint density at radius 3 is 2.93 bits per heavy atom. The van der Waals surface area contributed by atoms with Crippen LogP contribution in [-0.2, 0) is 15.9 Å². The molecule has 6 nitrogen and oxygen atoms in total. The summed E-state index contributed by atoms with van der Waals surface area (Å²) in [6, 6.07) is 0. The predicted molar refractivity (Wildman–Crippen MR) is 53.3 cm³/mol. The molecular formula is C9H17N3O3. The van der Waals surface area contributed by atoms with Gasteiger partial charge in [-0.2, -0.15) is 4.98 Å². The maximum absolute atomic E-state index is 5.47. The molecule has 0 aromatic carbocycles. The summed E-state index contributed by atoms with van der Waals surface area (Å²) in [6.45, 7) is 3.55. The minimum Gasteiger partial charge on any atom is -0.381 e. The molecule has 2 N–H and O–H groups in total. The van der Waals surface area contributed by atoms with Crippen LogP contribution in [-0.4, -0.2) is 37.0 Å². The largest absolute Gasteiger partial charge is 0.381 e. The molecule has 86 valence electrons. The van der Waals surface area contributed by atoms with E-state index in [-0.39, 0.29) is 6.10 Å². The van der Waals surface area contributed by atoms with Crippen LogP contribution in [0.1, 0.15) is 24.7 Å². The molecule has 1 rings (SSSR count). The summed E-state index contributed by atoms with van der Waals surface area (Å²) in [4.78, 5) is 4.16. The zero-order valence-electron chi connectivity index (χ0n) is 9.10. The maximum Gasteiger partial charge on any atom is 0.257 e. The highest BCUT2D eigenvalue weighted by atomic mass is 16.5. The predicted octanol–water partition coefficient (Wildman–Crippen LogP) is 0.295. The van der Waals surface area contributed by atoms with Crippen LogP contribution in [0.15, 0.2) is 4.52 Å². The van der Waals surface area contributed by atoms with Gasteiger partial charge in [-0.05, 0) is 6.92 Å². The van der Waals surface area contributed by atoms with Crippen molar-refractivity contribution in [2.75, 3.05) is 26.9 Å². The third kappa shape index (κ3) is 3.58. The van der Waals surface area contributed by atoms with E-state index >= 15 is 0 Å². The Kier molecular flexibility index (Phi) is 5.23. The van der Waals surface area contributed by atoms with Gasteiger partial charge in [0.05, 0.1) is 6.61 Å². The Balaban J connectivity index is 2.47. The number of hydrogen-bond acceptors (Lipinski definition) is 6. The van der Waals surface area contributed by atoms with Gasteiger partial charge in [0.25, 0.3) is 5.89 Å². The van der Waals surface area contributed by atoms with Crippen LogP contribution in [0.3, 0.4) is 0 Å². The highest BCUT2D eigenvalue weighted by Crippen LogP contribution is 2.12. The minimum absolute atomic E-state index is 0.321. The first kappa shape index (κ1) is 12.1. The van der Waals surface area contributed by atoms with E-state index in [1.807, 2.05) is 6.92 Å². The van der Waals surface area contributed by atoms with E-state index in [0.29, 0.717) is 37.9 Å². The van der Waals surface area contributed by atoms with Crippen LogP contribution in [0.25, 0.3) is 0 Å². The average Bonchev–Trinajstić information content (AvgIpc) is 2.69. The normalized spacial score (nSPS) is 13.0. The van der Waals surface area contributed by atoms with Gasteiger partial charge in [-0.3, -0.25) is 0 Å². The fourth-order valence-electron chi connectivity index (χ4n) is 1.11. The lowest BCUT2D eigenvalue weighted by Gasteiger charge is -2.05. The van der Waals surface area contributed by atoms with Crippen molar-refractivity contribution in [3.8, 4) is 0 Å². The second kappa shape index (κ2) is 6.49. The van der Waals surface area contributed by atoms with Gasteiger partial charge in [-0.25, -0.2) is 0 Å². The Bertz CT molecular complexity index is 273. The van der Waals surface area contributed by atoms with Crippen LogP contribution in [0.5, 0.6) is 0 Å². The Labute approximate surface area is 88.7 Å². The van der Waals surface area contributed by atoms with E-state index in [1.165, 1.54) is 0 Å². The quantitative estimate of drug-likeness (QED) is 0.658. The average molecular weight is 215 g/mol. The summed E-state index contributed by atoms with van der Waals surface area (Å²) in [7, 11) is 1.56. The molecule has 6 heteroatoms. The molecule has 15 heavy (non-hydrogen) atoms. The SMILES string of the molecule is CCOCCc1noc(C(CN)OC)n1. The third-order valence-corrected chi connectivity index (χ3v) is 1.93. The van der Waals surface area contributed by atoms with Crippen molar-refractivity contribution in [3.05, 3.63) is 11.7 Å². The second-order valence-corrected chi connectivity index (χ2v) is 2.96.